The van der Waals surface area contributed by atoms with Crippen LogP contribution in [0.4, 0.5) is 0 Å². The van der Waals surface area contributed by atoms with Gasteiger partial charge in [0.15, 0.2) is 0 Å². The van der Waals surface area contributed by atoms with Gasteiger partial charge in [-0.05, 0) is 43.6 Å². The lowest BCUT2D eigenvalue weighted by Crippen LogP contribution is -2.47. The van der Waals surface area contributed by atoms with E-state index in [4.69, 9.17) is 5.26 Å². The van der Waals surface area contributed by atoms with Gasteiger partial charge in [0.25, 0.3) is 0 Å². The van der Waals surface area contributed by atoms with E-state index in [1.54, 1.807) is 12.1 Å². The molecule has 1 atom stereocenters. The molecule has 1 fully saturated rings. The Bertz CT molecular complexity index is 489. The molecule has 0 aromatic heterocycles. The predicted octanol–water partition coefficient (Wildman–Crippen LogP) is 1.70. The van der Waals surface area contributed by atoms with Crippen molar-refractivity contribution in [3.63, 3.8) is 0 Å². The first-order valence-corrected chi connectivity index (χ1v) is 7.22. The van der Waals surface area contributed by atoms with Gasteiger partial charge in [-0.15, -0.1) is 0 Å². The van der Waals surface area contributed by atoms with Crippen LogP contribution in [0.25, 0.3) is 0 Å². The second kappa shape index (κ2) is 7.06. The number of nitrogens with one attached hydrogen (secondary N) is 1. The summed E-state index contributed by atoms with van der Waals surface area (Å²) in [5, 5.41) is 11.9. The molecule has 1 aromatic rings. The van der Waals surface area contributed by atoms with Crippen LogP contribution in [0.1, 0.15) is 30.9 Å². The molecular formula is C16H21N3O. The molecular weight excluding hydrogens is 250 g/mol. The third-order valence-electron chi connectivity index (χ3n) is 3.77. The molecule has 0 aliphatic carbocycles. The lowest BCUT2D eigenvalue weighted by molar-refractivity contribution is -0.121. The van der Waals surface area contributed by atoms with Crippen LogP contribution in [0.2, 0.25) is 0 Å². The summed E-state index contributed by atoms with van der Waals surface area (Å²) in [6, 6.07) is 9.54. The van der Waals surface area contributed by atoms with Crippen LogP contribution in [-0.2, 0) is 11.2 Å². The average molecular weight is 271 g/mol. The first-order valence-electron chi connectivity index (χ1n) is 7.22. The van der Waals surface area contributed by atoms with Gasteiger partial charge < -0.3 is 10.2 Å². The van der Waals surface area contributed by atoms with Gasteiger partial charge in [-0.1, -0.05) is 19.1 Å². The number of amides is 1. The molecule has 1 aliphatic rings. The highest BCUT2D eigenvalue weighted by Gasteiger charge is 2.20. The molecule has 0 saturated carbocycles. The monoisotopic (exact) mass is 271 g/mol. The van der Waals surface area contributed by atoms with E-state index in [9.17, 15) is 4.79 Å². The number of rotatable bonds is 4. The summed E-state index contributed by atoms with van der Waals surface area (Å²) in [5.41, 5.74) is 1.57. The van der Waals surface area contributed by atoms with Crippen LogP contribution in [-0.4, -0.2) is 36.5 Å². The van der Waals surface area contributed by atoms with Gasteiger partial charge in [0.1, 0.15) is 0 Å². The number of nitrogens with zero attached hydrogens (tertiary/aromatic N) is 2. The zero-order valence-corrected chi connectivity index (χ0v) is 11.9. The number of likely N-dealkylation sites (tertiary alicyclic amines) is 1. The van der Waals surface area contributed by atoms with E-state index in [-0.39, 0.29) is 11.9 Å². The Balaban J connectivity index is 1.84. The molecule has 0 bridgehead atoms. The number of piperidine rings is 1. The van der Waals surface area contributed by atoms with E-state index in [0.29, 0.717) is 12.0 Å². The Hall–Kier alpha value is -1.86. The van der Waals surface area contributed by atoms with Gasteiger partial charge >= 0.3 is 0 Å². The Labute approximate surface area is 120 Å². The third kappa shape index (κ3) is 4.07. The minimum Gasteiger partial charge on any atom is -0.352 e. The Morgan fingerprint density at radius 3 is 2.85 bits per heavy atom. The number of benzene rings is 1. The summed E-state index contributed by atoms with van der Waals surface area (Å²) in [5.74, 6) is 0.0673. The molecule has 20 heavy (non-hydrogen) atoms. The van der Waals surface area contributed by atoms with Crippen LogP contribution in [0.5, 0.6) is 0 Å². The van der Waals surface area contributed by atoms with Crippen molar-refractivity contribution >= 4 is 5.91 Å². The molecule has 1 saturated heterocycles. The van der Waals surface area contributed by atoms with Crippen molar-refractivity contribution in [3.05, 3.63) is 35.4 Å². The first kappa shape index (κ1) is 14.5. The lowest BCUT2D eigenvalue weighted by Gasteiger charge is -2.32. The van der Waals surface area contributed by atoms with Crippen LogP contribution in [0.15, 0.2) is 24.3 Å². The minimum absolute atomic E-state index is 0.0673. The standard InChI is InChI=1S/C16H21N3O/c1-2-19-9-3-4-15(12-19)18-16(20)10-13-5-7-14(11-17)8-6-13/h5-8,15H,2-4,9-10,12H2,1H3,(H,18,20). The number of hydrogen-bond acceptors (Lipinski definition) is 3. The largest absolute Gasteiger partial charge is 0.352 e. The number of carbonyl (C=O) groups excluding carboxylic acids is 1. The molecule has 4 nitrogen and oxygen atoms in total. The second-order valence-electron chi connectivity index (χ2n) is 5.29. The molecule has 106 valence electrons. The zero-order chi connectivity index (χ0) is 14.4. The zero-order valence-electron chi connectivity index (χ0n) is 11.9. The van der Waals surface area contributed by atoms with E-state index in [1.165, 1.54) is 0 Å². The summed E-state index contributed by atoms with van der Waals surface area (Å²) in [7, 11) is 0. The number of carbonyl (C=O) groups is 1. The summed E-state index contributed by atoms with van der Waals surface area (Å²) in [4.78, 5) is 14.4. The first-order chi connectivity index (χ1) is 9.71. The molecule has 1 aliphatic heterocycles. The van der Waals surface area contributed by atoms with Crippen LogP contribution < -0.4 is 5.32 Å². The summed E-state index contributed by atoms with van der Waals surface area (Å²) >= 11 is 0. The maximum Gasteiger partial charge on any atom is 0.224 e. The van der Waals surface area contributed by atoms with Gasteiger partial charge in [-0.3, -0.25) is 4.79 Å². The minimum atomic E-state index is 0.0673. The molecule has 1 N–H and O–H groups in total. The molecule has 4 heteroatoms. The smallest absolute Gasteiger partial charge is 0.224 e. The van der Waals surface area contributed by atoms with Crippen molar-refractivity contribution < 1.29 is 4.79 Å². The van der Waals surface area contributed by atoms with Crippen molar-refractivity contribution in [1.82, 2.24) is 10.2 Å². The van der Waals surface area contributed by atoms with Gasteiger partial charge in [-0.2, -0.15) is 5.26 Å². The van der Waals surface area contributed by atoms with E-state index < -0.39 is 0 Å². The fraction of sp³-hybridized carbons (Fsp3) is 0.500. The molecule has 1 unspecified atom stereocenters. The highest BCUT2D eigenvalue weighted by Crippen LogP contribution is 2.10. The van der Waals surface area contributed by atoms with Crippen LogP contribution in [0, 0.1) is 11.3 Å². The van der Waals surface area contributed by atoms with Gasteiger partial charge in [0.05, 0.1) is 18.1 Å². The Kier molecular flexibility index (Phi) is 5.14. The number of likely N-dealkylation sites (N-methyl/N-ethyl adjacent to an activating group) is 1. The highest BCUT2D eigenvalue weighted by atomic mass is 16.1. The second-order valence-corrected chi connectivity index (χ2v) is 5.29. The quantitative estimate of drug-likeness (QED) is 0.907. The van der Waals surface area contributed by atoms with E-state index in [0.717, 1.165) is 38.0 Å². The topological polar surface area (TPSA) is 56.1 Å². The number of hydrogen-bond donors (Lipinski definition) is 1. The SMILES string of the molecule is CCN1CCCC(NC(=O)Cc2ccc(C#N)cc2)C1. The van der Waals surface area contributed by atoms with Crippen molar-refractivity contribution in [2.75, 3.05) is 19.6 Å². The van der Waals surface area contributed by atoms with Crippen molar-refractivity contribution in [3.8, 4) is 6.07 Å². The Morgan fingerprint density at radius 1 is 1.45 bits per heavy atom. The molecule has 1 heterocycles. The molecule has 2 rings (SSSR count). The lowest BCUT2D eigenvalue weighted by atomic mass is 10.0. The summed E-state index contributed by atoms with van der Waals surface area (Å²) < 4.78 is 0. The molecule has 0 radical (unpaired) electrons. The normalized spacial score (nSPS) is 19.3. The summed E-state index contributed by atoms with van der Waals surface area (Å²) in [6.07, 6.45) is 2.60. The van der Waals surface area contributed by atoms with Crippen molar-refractivity contribution in [2.45, 2.75) is 32.2 Å². The average Bonchev–Trinajstić information content (AvgIpc) is 2.48. The maximum atomic E-state index is 12.0. The van der Waals surface area contributed by atoms with Crippen molar-refractivity contribution in [2.24, 2.45) is 0 Å². The fourth-order valence-corrected chi connectivity index (χ4v) is 2.62. The van der Waals surface area contributed by atoms with Gasteiger partial charge in [0.2, 0.25) is 5.91 Å². The fourth-order valence-electron chi connectivity index (χ4n) is 2.62. The van der Waals surface area contributed by atoms with E-state index in [2.05, 4.69) is 23.2 Å². The van der Waals surface area contributed by atoms with E-state index in [1.807, 2.05) is 12.1 Å². The summed E-state index contributed by atoms with van der Waals surface area (Å²) in [6.45, 7) is 5.29. The number of nitriles is 1. The molecule has 0 spiro atoms. The van der Waals surface area contributed by atoms with Crippen LogP contribution >= 0.6 is 0 Å². The Morgan fingerprint density at radius 2 is 2.20 bits per heavy atom. The van der Waals surface area contributed by atoms with Crippen LogP contribution in [0.3, 0.4) is 0 Å². The molecule has 1 aromatic carbocycles. The predicted molar refractivity (Wildman–Crippen MR) is 78.1 cm³/mol. The van der Waals surface area contributed by atoms with Crippen molar-refractivity contribution in [1.29, 1.82) is 5.26 Å². The maximum absolute atomic E-state index is 12.0. The van der Waals surface area contributed by atoms with E-state index >= 15 is 0 Å². The van der Waals surface area contributed by atoms with Gasteiger partial charge in [-0.25, -0.2) is 0 Å². The highest BCUT2D eigenvalue weighted by molar-refractivity contribution is 5.78. The molecule has 1 amide bonds. The van der Waals surface area contributed by atoms with Gasteiger partial charge in [0, 0.05) is 12.6 Å². The third-order valence-corrected chi connectivity index (χ3v) is 3.77.